The Balaban J connectivity index is 1.44. The van der Waals surface area contributed by atoms with Gasteiger partial charge < -0.3 is 9.42 Å². The van der Waals surface area contributed by atoms with E-state index in [1.54, 1.807) is 19.9 Å². The quantitative estimate of drug-likeness (QED) is 0.803. The summed E-state index contributed by atoms with van der Waals surface area (Å²) in [4.78, 5) is 17.2. The molecule has 4 rings (SSSR count). The number of amides is 1. The first-order valence-electron chi connectivity index (χ1n) is 9.75. The highest BCUT2D eigenvalue weighted by atomic mass is 19.2. The average Bonchev–Trinajstić information content (AvgIpc) is 3.21. The maximum atomic E-state index is 13.5. The van der Waals surface area contributed by atoms with Crippen molar-refractivity contribution >= 4 is 5.91 Å². The van der Waals surface area contributed by atoms with Gasteiger partial charge in [-0.2, -0.15) is 0 Å². The number of likely N-dealkylation sites (tertiary alicyclic amines) is 2. The van der Waals surface area contributed by atoms with Gasteiger partial charge >= 0.3 is 0 Å². The molecule has 5 nitrogen and oxygen atoms in total. The van der Waals surface area contributed by atoms with Crippen LogP contribution in [0.25, 0.3) is 0 Å². The summed E-state index contributed by atoms with van der Waals surface area (Å²) >= 11 is 0. The lowest BCUT2D eigenvalue weighted by Crippen LogP contribution is -2.45. The number of rotatable bonds is 3. The molecule has 7 heteroatoms. The molecule has 1 aromatic heterocycles. The molecule has 3 heterocycles. The van der Waals surface area contributed by atoms with Crippen molar-refractivity contribution in [3.63, 3.8) is 0 Å². The molecule has 2 fully saturated rings. The van der Waals surface area contributed by atoms with Gasteiger partial charge in [0.05, 0.1) is 5.69 Å². The number of piperidine rings is 1. The van der Waals surface area contributed by atoms with Crippen LogP contribution in [0.3, 0.4) is 0 Å². The zero-order chi connectivity index (χ0) is 19.9. The minimum atomic E-state index is -0.817. The van der Waals surface area contributed by atoms with Crippen LogP contribution in [0.4, 0.5) is 8.78 Å². The van der Waals surface area contributed by atoms with Crippen molar-refractivity contribution in [2.75, 3.05) is 26.2 Å². The van der Waals surface area contributed by atoms with Crippen LogP contribution in [0.2, 0.25) is 0 Å². The van der Waals surface area contributed by atoms with Crippen molar-refractivity contribution in [1.82, 2.24) is 15.0 Å². The number of nitrogens with zero attached hydrogens (tertiary/aromatic N) is 3. The number of halogens is 2. The third-order valence-electron chi connectivity index (χ3n) is 6.10. The maximum absolute atomic E-state index is 13.5. The van der Waals surface area contributed by atoms with Crippen molar-refractivity contribution in [2.24, 2.45) is 5.41 Å². The summed E-state index contributed by atoms with van der Waals surface area (Å²) in [6, 6.07) is 4.10. The first-order valence-corrected chi connectivity index (χ1v) is 9.75. The number of aryl methyl sites for hydroxylation is 2. The van der Waals surface area contributed by atoms with Crippen LogP contribution >= 0.6 is 0 Å². The summed E-state index contributed by atoms with van der Waals surface area (Å²) < 4.78 is 31.8. The molecule has 2 aliphatic rings. The van der Waals surface area contributed by atoms with Crippen LogP contribution in [0.5, 0.6) is 0 Å². The Hall–Kier alpha value is -2.28. The molecule has 0 bridgehead atoms. The van der Waals surface area contributed by atoms with Gasteiger partial charge in [-0.15, -0.1) is 0 Å². The highest BCUT2D eigenvalue weighted by molar-refractivity contribution is 5.96. The lowest BCUT2D eigenvalue weighted by atomic mass is 9.79. The van der Waals surface area contributed by atoms with E-state index in [2.05, 4.69) is 10.1 Å². The van der Waals surface area contributed by atoms with Crippen molar-refractivity contribution in [3.05, 3.63) is 52.4 Å². The lowest BCUT2D eigenvalue weighted by Gasteiger charge is -2.40. The van der Waals surface area contributed by atoms with Crippen molar-refractivity contribution in [2.45, 2.75) is 39.7 Å². The van der Waals surface area contributed by atoms with Crippen LogP contribution in [-0.4, -0.2) is 47.0 Å². The van der Waals surface area contributed by atoms with E-state index in [-0.39, 0.29) is 11.3 Å². The molecule has 0 radical (unpaired) electrons. The number of benzene rings is 1. The smallest absolute Gasteiger partial charge is 0.259 e. The highest BCUT2D eigenvalue weighted by Crippen LogP contribution is 2.40. The molecule has 2 aliphatic heterocycles. The standard InChI is InChI=1S/C21H25F2N3O2/c1-14-19(15(2)28-24-14)20(27)26-9-7-21(13-26)6-3-8-25(12-21)11-16-4-5-17(22)18(23)10-16/h4-5,10H,3,6-9,11-13H2,1-2H3/t21-/m0/s1. The molecule has 0 aliphatic carbocycles. The first-order chi connectivity index (χ1) is 13.4. The molecular formula is C21H25F2N3O2. The third-order valence-corrected chi connectivity index (χ3v) is 6.10. The molecule has 0 unspecified atom stereocenters. The van der Waals surface area contributed by atoms with Gasteiger partial charge in [0.1, 0.15) is 11.3 Å². The first kappa shape index (κ1) is 19.1. The van der Waals surface area contributed by atoms with Gasteiger partial charge in [0.2, 0.25) is 0 Å². The molecule has 1 amide bonds. The van der Waals surface area contributed by atoms with E-state index < -0.39 is 11.6 Å². The van der Waals surface area contributed by atoms with E-state index in [1.165, 1.54) is 12.1 Å². The van der Waals surface area contributed by atoms with Gasteiger partial charge in [-0.1, -0.05) is 11.2 Å². The van der Waals surface area contributed by atoms with Crippen molar-refractivity contribution in [3.8, 4) is 0 Å². The van der Waals surface area contributed by atoms with Crippen LogP contribution in [0, 0.1) is 30.9 Å². The fraction of sp³-hybridized carbons (Fsp3) is 0.524. The molecule has 0 saturated carbocycles. The molecule has 1 atom stereocenters. The van der Waals surface area contributed by atoms with Gasteiger partial charge in [0.25, 0.3) is 5.91 Å². The van der Waals surface area contributed by atoms with E-state index in [0.29, 0.717) is 30.1 Å². The van der Waals surface area contributed by atoms with E-state index in [1.807, 2.05) is 4.90 Å². The molecule has 28 heavy (non-hydrogen) atoms. The lowest BCUT2D eigenvalue weighted by molar-refractivity contribution is 0.0673. The average molecular weight is 389 g/mol. The zero-order valence-electron chi connectivity index (χ0n) is 16.3. The Morgan fingerprint density at radius 1 is 1.18 bits per heavy atom. The minimum absolute atomic E-state index is 0.00847. The zero-order valence-corrected chi connectivity index (χ0v) is 16.3. The number of carbonyl (C=O) groups excluding carboxylic acids is 1. The maximum Gasteiger partial charge on any atom is 0.259 e. The molecule has 2 aromatic rings. The summed E-state index contributed by atoms with van der Waals surface area (Å²) in [5.74, 6) is -1.07. The van der Waals surface area contributed by atoms with Crippen molar-refractivity contribution < 1.29 is 18.1 Å². The number of hydrogen-bond donors (Lipinski definition) is 0. The molecule has 2 saturated heterocycles. The summed E-state index contributed by atoms with van der Waals surface area (Å²) in [5.41, 5.74) is 2.04. The molecule has 1 spiro atoms. The summed E-state index contributed by atoms with van der Waals surface area (Å²) in [5, 5.41) is 3.90. The monoisotopic (exact) mass is 389 g/mol. The Morgan fingerprint density at radius 2 is 2.00 bits per heavy atom. The fourth-order valence-electron chi connectivity index (χ4n) is 4.73. The van der Waals surface area contributed by atoms with Gasteiger partial charge in [-0.25, -0.2) is 8.78 Å². The van der Waals surface area contributed by atoms with Crippen LogP contribution in [0.1, 0.15) is 46.6 Å². The summed E-state index contributed by atoms with van der Waals surface area (Å²) in [6.45, 7) is 7.38. The topological polar surface area (TPSA) is 49.6 Å². The molecular weight excluding hydrogens is 364 g/mol. The predicted molar refractivity (Wildman–Crippen MR) is 99.8 cm³/mol. The van der Waals surface area contributed by atoms with Crippen LogP contribution < -0.4 is 0 Å². The Kier molecular flexibility index (Phi) is 4.95. The van der Waals surface area contributed by atoms with E-state index >= 15 is 0 Å². The number of carbonyl (C=O) groups is 1. The SMILES string of the molecule is Cc1noc(C)c1C(=O)N1CC[C@]2(CCCN(Cc3ccc(F)c(F)c3)C2)C1. The largest absolute Gasteiger partial charge is 0.361 e. The van der Waals surface area contributed by atoms with E-state index in [4.69, 9.17) is 4.52 Å². The second-order valence-electron chi connectivity index (χ2n) is 8.24. The Labute approximate surface area is 163 Å². The van der Waals surface area contributed by atoms with Gasteiger partial charge in [-0.3, -0.25) is 9.69 Å². The van der Waals surface area contributed by atoms with Crippen molar-refractivity contribution in [1.29, 1.82) is 0 Å². The van der Waals surface area contributed by atoms with Gasteiger partial charge in [-0.05, 0) is 57.4 Å². The van der Waals surface area contributed by atoms with Gasteiger partial charge in [0.15, 0.2) is 11.6 Å². The molecule has 150 valence electrons. The highest BCUT2D eigenvalue weighted by Gasteiger charge is 2.43. The van der Waals surface area contributed by atoms with Crippen LogP contribution in [-0.2, 0) is 6.54 Å². The minimum Gasteiger partial charge on any atom is -0.361 e. The van der Waals surface area contributed by atoms with E-state index in [0.717, 1.165) is 44.5 Å². The summed E-state index contributed by atoms with van der Waals surface area (Å²) in [6.07, 6.45) is 3.07. The second kappa shape index (κ2) is 7.28. The van der Waals surface area contributed by atoms with E-state index in [9.17, 15) is 13.6 Å². The third kappa shape index (κ3) is 3.55. The summed E-state index contributed by atoms with van der Waals surface area (Å²) in [7, 11) is 0. The van der Waals surface area contributed by atoms with Gasteiger partial charge in [0, 0.05) is 31.6 Å². The molecule has 0 N–H and O–H groups in total. The number of hydrogen-bond acceptors (Lipinski definition) is 4. The number of aromatic nitrogens is 1. The molecule has 1 aromatic carbocycles. The Bertz CT molecular complexity index is 878. The second-order valence-corrected chi connectivity index (χ2v) is 8.24. The Morgan fingerprint density at radius 3 is 2.71 bits per heavy atom. The normalized spacial score (nSPS) is 22.9. The van der Waals surface area contributed by atoms with Crippen LogP contribution in [0.15, 0.2) is 22.7 Å². The fourth-order valence-corrected chi connectivity index (χ4v) is 4.73. The predicted octanol–water partition coefficient (Wildman–Crippen LogP) is 3.70.